The van der Waals surface area contributed by atoms with Crippen molar-refractivity contribution in [3.05, 3.63) is 89.2 Å². The summed E-state index contributed by atoms with van der Waals surface area (Å²) in [5, 5.41) is 40.7. The molecule has 15 nitrogen and oxygen atoms in total. The average molecular weight is 891 g/mol. The number of nitrogens with one attached hydrogen (secondary N) is 2. The highest BCUT2D eigenvalue weighted by atomic mass is 32.1. The molecule has 3 amide bonds. The van der Waals surface area contributed by atoms with E-state index in [0.717, 1.165) is 84.4 Å². The Morgan fingerprint density at radius 3 is 2.39 bits per heavy atom. The van der Waals surface area contributed by atoms with Gasteiger partial charge in [-0.1, -0.05) is 64.1 Å². The number of thiazole rings is 1. The number of hydrogen-bond acceptors (Lipinski definition) is 12. The maximum atomic E-state index is 14.3. The summed E-state index contributed by atoms with van der Waals surface area (Å²) in [7, 11) is 0. The molecule has 64 heavy (non-hydrogen) atoms. The van der Waals surface area contributed by atoms with Crippen molar-refractivity contribution in [2.45, 2.75) is 122 Å². The topological polar surface area (TPSA) is 205 Å². The maximum Gasteiger partial charge on any atom is 0.246 e. The van der Waals surface area contributed by atoms with E-state index in [1.807, 2.05) is 99.7 Å². The second kappa shape index (κ2) is 18.9. The Morgan fingerprint density at radius 2 is 1.72 bits per heavy atom. The van der Waals surface area contributed by atoms with Gasteiger partial charge in [0.25, 0.3) is 0 Å². The van der Waals surface area contributed by atoms with Gasteiger partial charge in [0.2, 0.25) is 17.7 Å². The SMILES string of the molecule is Cc1ncsc1-c1ccc(CNC(=O)[C@@H]2C[C@@H](O)CN2C(=O)[C@@H](NC(=O)C2CCC(N3CCC(n4cc(-c5cc(C6C(O)=CC=CC6C)nnc5N)cn4)CC3)CC2)C(C)(C)C)cc1. The van der Waals surface area contributed by atoms with Crippen LogP contribution in [0, 0.1) is 24.2 Å². The van der Waals surface area contributed by atoms with E-state index in [9.17, 15) is 24.6 Å². The molecule has 2 aliphatic carbocycles. The summed E-state index contributed by atoms with van der Waals surface area (Å²) < 4.78 is 2.03. The first-order valence-corrected chi connectivity index (χ1v) is 23.6. The molecule has 0 spiro atoms. The fourth-order valence-corrected chi connectivity index (χ4v) is 10.8. The summed E-state index contributed by atoms with van der Waals surface area (Å²) in [6, 6.07) is 8.80. The lowest BCUT2D eigenvalue weighted by Gasteiger charge is -2.41. The number of piperidine rings is 1. The van der Waals surface area contributed by atoms with Gasteiger partial charge in [0.1, 0.15) is 17.8 Å². The molecule has 0 bridgehead atoms. The Hall–Kier alpha value is -5.45. The first-order valence-electron chi connectivity index (χ1n) is 22.7. The van der Waals surface area contributed by atoms with E-state index in [1.54, 1.807) is 17.4 Å². The number of aromatic nitrogens is 5. The van der Waals surface area contributed by atoms with Crippen LogP contribution in [0.25, 0.3) is 21.6 Å². The van der Waals surface area contributed by atoms with E-state index < -0.39 is 23.6 Å². The number of carbonyl (C=O) groups is 3. The summed E-state index contributed by atoms with van der Waals surface area (Å²) in [6.07, 6.45) is 13.9. The molecule has 3 fully saturated rings. The number of carbonyl (C=O) groups excluding carboxylic acids is 3. The Labute approximate surface area is 379 Å². The summed E-state index contributed by atoms with van der Waals surface area (Å²) in [5.74, 6) is -0.648. The minimum atomic E-state index is -0.861. The number of aryl methyl sites for hydroxylation is 1. The van der Waals surface area contributed by atoms with Gasteiger partial charge in [-0.15, -0.1) is 16.4 Å². The second-order valence-electron chi connectivity index (χ2n) is 19.2. The molecule has 2 unspecified atom stereocenters. The molecule has 6 N–H and O–H groups in total. The molecular formula is C48H62N10O5S. The highest BCUT2D eigenvalue weighted by Gasteiger charge is 2.45. The number of anilines is 1. The van der Waals surface area contributed by atoms with E-state index in [1.165, 1.54) is 4.90 Å². The Balaban J connectivity index is 0.819. The second-order valence-corrected chi connectivity index (χ2v) is 20.1. The van der Waals surface area contributed by atoms with Crippen LogP contribution in [0.5, 0.6) is 0 Å². The van der Waals surface area contributed by atoms with Crippen LogP contribution in [-0.4, -0.2) is 107 Å². The van der Waals surface area contributed by atoms with Gasteiger partial charge in [-0.05, 0) is 80.1 Å². The van der Waals surface area contributed by atoms with Gasteiger partial charge < -0.3 is 36.4 Å². The number of benzene rings is 1. The Bertz CT molecular complexity index is 2370. The van der Waals surface area contributed by atoms with E-state index in [-0.39, 0.29) is 66.8 Å². The number of β-amino-alcohol motifs (C(OH)–C–C–N with tert-alkyl or cyclic N) is 1. The van der Waals surface area contributed by atoms with Crippen LogP contribution < -0.4 is 16.4 Å². The summed E-state index contributed by atoms with van der Waals surface area (Å²) in [4.78, 5) is 51.2. The molecule has 4 aromatic rings. The minimum Gasteiger partial charge on any atom is -0.512 e. The Kier molecular flexibility index (Phi) is 13.4. The molecule has 5 atom stereocenters. The van der Waals surface area contributed by atoms with Crippen LogP contribution in [0.4, 0.5) is 5.82 Å². The van der Waals surface area contributed by atoms with Gasteiger partial charge in [-0.25, -0.2) is 4.98 Å². The molecule has 340 valence electrons. The van der Waals surface area contributed by atoms with E-state index >= 15 is 0 Å². The fraction of sp³-hybridized carbons (Fsp3) is 0.521. The van der Waals surface area contributed by atoms with Gasteiger partial charge >= 0.3 is 0 Å². The lowest BCUT2D eigenvalue weighted by atomic mass is 9.82. The van der Waals surface area contributed by atoms with Gasteiger partial charge in [0.15, 0.2) is 5.82 Å². The Morgan fingerprint density at radius 1 is 0.984 bits per heavy atom. The zero-order valence-corrected chi connectivity index (χ0v) is 38.3. The van der Waals surface area contributed by atoms with Gasteiger partial charge in [0, 0.05) is 61.9 Å². The third kappa shape index (κ3) is 9.78. The molecule has 16 heteroatoms. The van der Waals surface area contributed by atoms with E-state index in [2.05, 4.69) is 30.7 Å². The van der Waals surface area contributed by atoms with Crippen LogP contribution in [0.2, 0.25) is 0 Å². The molecule has 5 heterocycles. The molecule has 3 aromatic heterocycles. The highest BCUT2D eigenvalue weighted by Crippen LogP contribution is 2.37. The maximum absolute atomic E-state index is 14.3. The lowest BCUT2D eigenvalue weighted by Crippen LogP contribution is -2.58. The predicted octanol–water partition coefficient (Wildman–Crippen LogP) is 6.09. The van der Waals surface area contributed by atoms with Crippen LogP contribution in [0.1, 0.15) is 102 Å². The van der Waals surface area contributed by atoms with Crippen molar-refractivity contribution in [1.82, 2.24) is 45.4 Å². The molecule has 8 rings (SSSR count). The van der Waals surface area contributed by atoms with Crippen molar-refractivity contribution in [3.8, 4) is 21.6 Å². The molecule has 2 aliphatic heterocycles. The van der Waals surface area contributed by atoms with Crippen molar-refractivity contribution in [3.63, 3.8) is 0 Å². The first-order chi connectivity index (χ1) is 30.6. The monoisotopic (exact) mass is 890 g/mol. The van der Waals surface area contributed by atoms with Gasteiger partial charge in [-0.3, -0.25) is 19.1 Å². The van der Waals surface area contributed by atoms with Gasteiger partial charge in [0.05, 0.1) is 46.0 Å². The van der Waals surface area contributed by atoms with Crippen molar-refractivity contribution in [2.75, 3.05) is 25.4 Å². The lowest BCUT2D eigenvalue weighted by molar-refractivity contribution is -0.144. The molecule has 1 aromatic carbocycles. The van der Waals surface area contributed by atoms with Crippen LogP contribution in [-0.2, 0) is 20.9 Å². The number of aliphatic hydroxyl groups excluding tert-OH is 2. The average Bonchev–Trinajstić information content (AvgIpc) is 4.05. The molecular weight excluding hydrogens is 829 g/mol. The summed E-state index contributed by atoms with van der Waals surface area (Å²) in [5.41, 5.74) is 12.7. The highest BCUT2D eigenvalue weighted by molar-refractivity contribution is 7.13. The van der Waals surface area contributed by atoms with Crippen molar-refractivity contribution in [2.24, 2.45) is 17.3 Å². The quantitative estimate of drug-likeness (QED) is 0.117. The standard InChI is InChI=1S/C48H62N10O5S/c1-28-7-6-8-40(60)41(28)38-22-37(44(49)55-54-38)33-24-52-58(25-33)35-17-19-56(20-18-35)34-15-13-32(14-16-34)45(61)53-43(48(3,4)5)47(63)57-26-36(59)21-39(57)46(62)50-23-30-9-11-31(12-10-30)42-29(2)51-27-64-42/h6-12,22,24-25,27-28,32,34-36,39,41,43,59-60H,13-21,23,26H2,1-5H3,(H2,49,55)(H,50,62)(H,53,61)/t28?,32?,34?,36-,39+,41?,43-/m1/s1. The number of nitrogens with two attached hydrogens (primary N) is 1. The van der Waals surface area contributed by atoms with Crippen LogP contribution in [0.3, 0.4) is 0 Å². The van der Waals surface area contributed by atoms with Crippen LogP contribution >= 0.6 is 11.3 Å². The molecule has 2 saturated heterocycles. The fourth-order valence-electron chi connectivity index (χ4n) is 9.97. The minimum absolute atomic E-state index is 0.0331. The first kappa shape index (κ1) is 45.1. The molecule has 1 saturated carbocycles. The van der Waals surface area contributed by atoms with Crippen molar-refractivity contribution >= 4 is 34.9 Å². The predicted molar refractivity (Wildman–Crippen MR) is 247 cm³/mol. The van der Waals surface area contributed by atoms with E-state index in [0.29, 0.717) is 17.6 Å². The number of rotatable bonds is 11. The number of amides is 3. The zero-order valence-electron chi connectivity index (χ0n) is 37.5. The molecule has 4 aliphatic rings. The number of likely N-dealkylation sites (tertiary alicyclic amines) is 2. The smallest absolute Gasteiger partial charge is 0.246 e. The number of aliphatic hydroxyl groups is 2. The largest absolute Gasteiger partial charge is 0.512 e. The van der Waals surface area contributed by atoms with Crippen molar-refractivity contribution < 1.29 is 24.6 Å². The van der Waals surface area contributed by atoms with E-state index in [4.69, 9.17) is 10.8 Å². The molecule has 0 radical (unpaired) electrons. The van der Waals surface area contributed by atoms with Gasteiger partial charge in [-0.2, -0.15) is 10.2 Å². The van der Waals surface area contributed by atoms with Crippen molar-refractivity contribution in [1.29, 1.82) is 0 Å². The number of nitrogen functional groups attached to an aromatic ring is 1. The number of hydrogen-bond donors (Lipinski definition) is 5. The third-order valence-electron chi connectivity index (χ3n) is 13.7. The third-order valence-corrected chi connectivity index (χ3v) is 14.7. The summed E-state index contributed by atoms with van der Waals surface area (Å²) >= 11 is 1.59. The zero-order chi connectivity index (χ0) is 45.3. The normalized spacial score (nSPS) is 24.9. The van der Waals surface area contributed by atoms with Crippen LogP contribution in [0.15, 0.2) is 72.2 Å². The number of nitrogens with zero attached hydrogens (tertiary/aromatic N) is 7. The number of allylic oxidation sites excluding steroid dienone is 4. The summed E-state index contributed by atoms with van der Waals surface area (Å²) in [6.45, 7) is 12.0.